The third-order valence-corrected chi connectivity index (χ3v) is 3.88. The van der Waals surface area contributed by atoms with Crippen LogP contribution in [0, 0.1) is 11.8 Å². The normalized spacial score (nSPS) is 26.6. The Labute approximate surface area is 110 Å². The predicted molar refractivity (Wildman–Crippen MR) is 71.6 cm³/mol. The van der Waals surface area contributed by atoms with Crippen molar-refractivity contribution >= 4 is 5.97 Å². The summed E-state index contributed by atoms with van der Waals surface area (Å²) < 4.78 is 5.77. The molecule has 0 spiro atoms. The van der Waals surface area contributed by atoms with Crippen LogP contribution in [0.2, 0.25) is 0 Å². The van der Waals surface area contributed by atoms with Gasteiger partial charge in [0.25, 0.3) is 0 Å². The van der Waals surface area contributed by atoms with Gasteiger partial charge in [-0.15, -0.1) is 0 Å². The van der Waals surface area contributed by atoms with Crippen LogP contribution in [0.15, 0.2) is 0 Å². The van der Waals surface area contributed by atoms with E-state index in [4.69, 9.17) is 9.84 Å². The summed E-state index contributed by atoms with van der Waals surface area (Å²) >= 11 is 0. The van der Waals surface area contributed by atoms with Crippen molar-refractivity contribution in [3.63, 3.8) is 0 Å². The van der Waals surface area contributed by atoms with Crippen molar-refractivity contribution in [1.29, 1.82) is 0 Å². The third kappa shape index (κ3) is 4.25. The number of carboxylic acids is 1. The average Bonchev–Trinajstić information content (AvgIpc) is 2.35. The van der Waals surface area contributed by atoms with Crippen LogP contribution in [0.3, 0.4) is 0 Å². The Morgan fingerprint density at radius 1 is 1.44 bits per heavy atom. The van der Waals surface area contributed by atoms with Gasteiger partial charge in [0.15, 0.2) is 0 Å². The molecular weight excluding hydrogens is 230 g/mol. The third-order valence-electron chi connectivity index (χ3n) is 3.88. The van der Waals surface area contributed by atoms with E-state index in [2.05, 4.69) is 25.7 Å². The van der Waals surface area contributed by atoms with Crippen molar-refractivity contribution < 1.29 is 14.6 Å². The molecule has 0 aromatic rings. The van der Waals surface area contributed by atoms with E-state index in [9.17, 15) is 4.79 Å². The lowest BCUT2D eigenvalue weighted by Gasteiger charge is -2.39. The smallest absolute Gasteiger partial charge is 0.307 e. The monoisotopic (exact) mass is 257 g/mol. The summed E-state index contributed by atoms with van der Waals surface area (Å²) in [6, 6.07) is 0.470. The molecule has 4 heteroatoms. The van der Waals surface area contributed by atoms with Gasteiger partial charge < -0.3 is 9.84 Å². The molecule has 3 unspecified atom stereocenters. The highest BCUT2D eigenvalue weighted by Crippen LogP contribution is 2.24. The summed E-state index contributed by atoms with van der Waals surface area (Å²) in [7, 11) is 0. The van der Waals surface area contributed by atoms with E-state index in [0.29, 0.717) is 24.6 Å². The molecule has 0 aromatic carbocycles. The van der Waals surface area contributed by atoms with Crippen LogP contribution in [-0.2, 0) is 9.53 Å². The first-order valence-corrected chi connectivity index (χ1v) is 7.04. The van der Waals surface area contributed by atoms with Gasteiger partial charge in [-0.1, -0.05) is 27.7 Å². The van der Waals surface area contributed by atoms with Crippen molar-refractivity contribution in [3.05, 3.63) is 0 Å². The van der Waals surface area contributed by atoms with Gasteiger partial charge in [0.2, 0.25) is 0 Å². The molecule has 1 aliphatic heterocycles. The Balaban J connectivity index is 2.56. The SMILES string of the molecule is CCN(CC(C)C(=O)O)C1CCOC(C(C)C)C1. The first-order chi connectivity index (χ1) is 8.45. The van der Waals surface area contributed by atoms with Crippen LogP contribution < -0.4 is 0 Å². The van der Waals surface area contributed by atoms with Crippen molar-refractivity contribution in [2.24, 2.45) is 11.8 Å². The molecule has 0 saturated carbocycles. The summed E-state index contributed by atoms with van der Waals surface area (Å²) in [5.74, 6) is -0.477. The van der Waals surface area contributed by atoms with Gasteiger partial charge in [0.05, 0.1) is 12.0 Å². The molecule has 1 fully saturated rings. The highest BCUT2D eigenvalue weighted by Gasteiger charge is 2.29. The second-order valence-electron chi connectivity index (χ2n) is 5.66. The minimum Gasteiger partial charge on any atom is -0.481 e. The fourth-order valence-corrected chi connectivity index (χ4v) is 2.57. The van der Waals surface area contributed by atoms with Gasteiger partial charge in [-0.3, -0.25) is 9.69 Å². The van der Waals surface area contributed by atoms with Gasteiger partial charge in [0.1, 0.15) is 0 Å². The van der Waals surface area contributed by atoms with Crippen LogP contribution >= 0.6 is 0 Å². The molecule has 0 aliphatic carbocycles. The van der Waals surface area contributed by atoms with Gasteiger partial charge in [-0.25, -0.2) is 0 Å². The molecule has 106 valence electrons. The number of rotatable bonds is 6. The summed E-state index contributed by atoms with van der Waals surface area (Å²) in [5.41, 5.74) is 0. The Kier molecular flexibility index (Phi) is 6.09. The van der Waals surface area contributed by atoms with Crippen LogP contribution in [0.4, 0.5) is 0 Å². The second kappa shape index (κ2) is 7.10. The summed E-state index contributed by atoms with van der Waals surface area (Å²) in [4.78, 5) is 13.3. The lowest BCUT2D eigenvalue weighted by molar-refractivity contribution is -0.142. The average molecular weight is 257 g/mol. The number of carbonyl (C=O) groups is 1. The zero-order valence-electron chi connectivity index (χ0n) is 12.1. The van der Waals surface area contributed by atoms with Crippen molar-refractivity contribution in [2.75, 3.05) is 19.7 Å². The van der Waals surface area contributed by atoms with E-state index in [0.717, 1.165) is 26.0 Å². The molecule has 18 heavy (non-hydrogen) atoms. The molecule has 0 aromatic heterocycles. The number of ether oxygens (including phenoxy) is 1. The highest BCUT2D eigenvalue weighted by molar-refractivity contribution is 5.69. The van der Waals surface area contributed by atoms with Gasteiger partial charge in [-0.05, 0) is 25.3 Å². The van der Waals surface area contributed by atoms with E-state index < -0.39 is 5.97 Å². The molecule has 0 amide bonds. The lowest BCUT2D eigenvalue weighted by atomic mass is 9.94. The van der Waals surface area contributed by atoms with Crippen LogP contribution in [0.5, 0.6) is 0 Å². The Morgan fingerprint density at radius 2 is 2.11 bits per heavy atom. The van der Waals surface area contributed by atoms with Gasteiger partial charge in [0, 0.05) is 19.2 Å². The molecule has 1 saturated heterocycles. The zero-order chi connectivity index (χ0) is 13.7. The minimum atomic E-state index is -0.707. The first-order valence-electron chi connectivity index (χ1n) is 7.04. The fraction of sp³-hybridized carbons (Fsp3) is 0.929. The lowest BCUT2D eigenvalue weighted by Crippen LogP contribution is -2.46. The fourth-order valence-electron chi connectivity index (χ4n) is 2.57. The zero-order valence-corrected chi connectivity index (χ0v) is 12.1. The summed E-state index contributed by atoms with van der Waals surface area (Å²) in [6.07, 6.45) is 2.36. The molecule has 4 nitrogen and oxygen atoms in total. The highest BCUT2D eigenvalue weighted by atomic mass is 16.5. The molecule has 1 N–H and O–H groups in total. The maximum atomic E-state index is 11.0. The van der Waals surface area contributed by atoms with Gasteiger partial charge >= 0.3 is 5.97 Å². The number of nitrogens with zero attached hydrogens (tertiary/aromatic N) is 1. The minimum absolute atomic E-state index is 0.301. The van der Waals surface area contributed by atoms with E-state index in [-0.39, 0.29) is 5.92 Å². The molecule has 3 atom stereocenters. The number of aliphatic carboxylic acids is 1. The Morgan fingerprint density at radius 3 is 2.61 bits per heavy atom. The predicted octanol–water partition coefficient (Wildman–Crippen LogP) is 2.23. The largest absolute Gasteiger partial charge is 0.481 e. The van der Waals surface area contributed by atoms with E-state index in [1.807, 2.05) is 0 Å². The topological polar surface area (TPSA) is 49.8 Å². The molecular formula is C14H27NO3. The van der Waals surface area contributed by atoms with Crippen molar-refractivity contribution in [3.8, 4) is 0 Å². The number of hydrogen-bond donors (Lipinski definition) is 1. The van der Waals surface area contributed by atoms with Crippen molar-refractivity contribution in [1.82, 2.24) is 4.90 Å². The van der Waals surface area contributed by atoms with Crippen LogP contribution in [-0.4, -0.2) is 47.8 Å². The van der Waals surface area contributed by atoms with Crippen LogP contribution in [0.1, 0.15) is 40.5 Å². The summed E-state index contributed by atoms with van der Waals surface area (Å²) in [5, 5.41) is 9.01. The quantitative estimate of drug-likeness (QED) is 0.793. The molecule has 1 aliphatic rings. The van der Waals surface area contributed by atoms with E-state index in [1.165, 1.54) is 0 Å². The Hall–Kier alpha value is -0.610. The first kappa shape index (κ1) is 15.4. The number of carboxylic acid groups (broad SMARTS) is 1. The maximum absolute atomic E-state index is 11.0. The van der Waals surface area contributed by atoms with E-state index in [1.54, 1.807) is 6.92 Å². The molecule has 0 radical (unpaired) electrons. The molecule has 1 heterocycles. The van der Waals surface area contributed by atoms with Crippen molar-refractivity contribution in [2.45, 2.75) is 52.7 Å². The number of hydrogen-bond acceptors (Lipinski definition) is 3. The summed E-state index contributed by atoms with van der Waals surface area (Å²) in [6.45, 7) is 10.6. The van der Waals surface area contributed by atoms with Gasteiger partial charge in [-0.2, -0.15) is 0 Å². The molecule has 0 bridgehead atoms. The van der Waals surface area contributed by atoms with Crippen LogP contribution in [0.25, 0.3) is 0 Å². The molecule has 1 rings (SSSR count). The standard InChI is InChI=1S/C14H27NO3/c1-5-15(9-11(4)14(16)17)12-6-7-18-13(8-12)10(2)3/h10-13H,5-9H2,1-4H3,(H,16,17). The Bertz CT molecular complexity index is 268. The maximum Gasteiger partial charge on any atom is 0.307 e. The second-order valence-corrected chi connectivity index (χ2v) is 5.66. The van der Waals surface area contributed by atoms with E-state index >= 15 is 0 Å².